The van der Waals surface area contributed by atoms with Crippen molar-refractivity contribution in [2.75, 3.05) is 0 Å². The van der Waals surface area contributed by atoms with Crippen LogP contribution in [-0.2, 0) is 0 Å². The molecule has 6 heteroatoms. The Morgan fingerprint density at radius 2 is 1.53 bits per heavy atom. The van der Waals surface area contributed by atoms with Gasteiger partial charge in [-0.15, -0.1) is 0 Å². The Kier molecular flexibility index (Phi) is 3.90. The van der Waals surface area contributed by atoms with Gasteiger partial charge in [0.25, 0.3) is 6.33 Å². The highest BCUT2D eigenvalue weighted by molar-refractivity contribution is 5.92. The van der Waals surface area contributed by atoms with Crippen molar-refractivity contribution in [3.63, 3.8) is 0 Å². The minimum Gasteiger partial charge on any atom is -0.511 e. The quantitative estimate of drug-likeness (QED) is 0.310. The number of hydrogen-bond acceptors (Lipinski definition) is 2. The Morgan fingerprint density at radius 1 is 0.765 bits per heavy atom. The number of para-hydroxylation sites is 6. The highest BCUT2D eigenvalue weighted by atomic mass is 16.3. The number of benzene rings is 4. The fraction of sp³-hybridized carbons (Fsp3) is 0. The van der Waals surface area contributed by atoms with E-state index in [1.807, 2.05) is 59.4 Å². The fourth-order valence-electron chi connectivity index (χ4n) is 4.65. The van der Waals surface area contributed by atoms with E-state index >= 15 is 0 Å². The van der Waals surface area contributed by atoms with Crippen LogP contribution in [0.2, 0.25) is 0 Å². The third-order valence-corrected chi connectivity index (χ3v) is 6.19. The van der Waals surface area contributed by atoms with Crippen LogP contribution in [0.1, 0.15) is 0 Å². The molecule has 0 saturated carbocycles. The highest BCUT2D eigenvalue weighted by Crippen LogP contribution is 2.29. The number of aromatic hydroxyl groups is 1. The van der Waals surface area contributed by atoms with Gasteiger partial charge in [0.2, 0.25) is 5.78 Å². The first-order valence-electron chi connectivity index (χ1n) is 11.1. The van der Waals surface area contributed by atoms with Crippen molar-refractivity contribution < 1.29 is 9.67 Å². The van der Waals surface area contributed by atoms with Gasteiger partial charge in [0, 0.05) is 18.1 Å². The van der Waals surface area contributed by atoms with E-state index in [9.17, 15) is 5.11 Å². The van der Waals surface area contributed by atoms with Crippen LogP contribution in [0.4, 0.5) is 0 Å². The van der Waals surface area contributed by atoms with Gasteiger partial charge in [-0.3, -0.25) is 18.1 Å². The average molecular weight is 441 g/mol. The summed E-state index contributed by atoms with van der Waals surface area (Å²) in [5.41, 5.74) is 6.91. The van der Waals surface area contributed by atoms with Crippen LogP contribution in [0, 0.1) is 6.33 Å². The molecule has 34 heavy (non-hydrogen) atoms. The third-order valence-electron chi connectivity index (χ3n) is 6.19. The molecule has 0 atom stereocenters. The number of aromatic nitrogens is 5. The first-order chi connectivity index (χ1) is 16.8. The second kappa shape index (κ2) is 7.08. The number of hydrogen-bond donors (Lipinski definition) is 1. The molecule has 4 aromatic carbocycles. The molecule has 6 nitrogen and oxygen atoms in total. The van der Waals surface area contributed by atoms with Crippen LogP contribution in [0.25, 0.3) is 44.9 Å². The summed E-state index contributed by atoms with van der Waals surface area (Å²) >= 11 is 0. The zero-order chi connectivity index (χ0) is 22.6. The van der Waals surface area contributed by atoms with Crippen molar-refractivity contribution in [1.82, 2.24) is 18.5 Å². The normalized spacial score (nSPS) is 11.6. The van der Waals surface area contributed by atoms with Gasteiger partial charge < -0.3 is 5.11 Å². The lowest BCUT2D eigenvalue weighted by Crippen LogP contribution is -2.28. The van der Waals surface area contributed by atoms with Crippen LogP contribution in [0.15, 0.2) is 109 Å². The van der Waals surface area contributed by atoms with Crippen molar-refractivity contribution >= 4 is 27.8 Å². The maximum Gasteiger partial charge on any atom is 0.268 e. The molecule has 0 radical (unpaired) electrons. The maximum absolute atomic E-state index is 10.2. The van der Waals surface area contributed by atoms with Crippen LogP contribution in [0.3, 0.4) is 0 Å². The second-order valence-electron chi connectivity index (χ2n) is 8.21. The van der Waals surface area contributed by atoms with E-state index in [1.54, 1.807) is 16.7 Å². The van der Waals surface area contributed by atoms with E-state index in [0.29, 0.717) is 5.69 Å². The van der Waals surface area contributed by atoms with Crippen LogP contribution in [0.5, 0.6) is 5.75 Å². The number of phenols is 1. The van der Waals surface area contributed by atoms with Gasteiger partial charge in [0.1, 0.15) is 11.4 Å². The molecule has 0 aliphatic carbocycles. The molecule has 0 saturated heterocycles. The molecular formula is C28H19N5O. The van der Waals surface area contributed by atoms with E-state index in [-0.39, 0.29) is 5.75 Å². The monoisotopic (exact) mass is 441 g/mol. The zero-order valence-electron chi connectivity index (χ0n) is 18.1. The summed E-state index contributed by atoms with van der Waals surface area (Å²) in [5, 5.41) is 10.2. The molecule has 1 N–H and O–H groups in total. The minimum absolute atomic E-state index is 0.211. The van der Waals surface area contributed by atoms with E-state index in [1.165, 1.54) is 0 Å². The van der Waals surface area contributed by atoms with E-state index in [4.69, 9.17) is 4.98 Å². The molecule has 3 aromatic heterocycles. The molecular weight excluding hydrogens is 422 g/mol. The van der Waals surface area contributed by atoms with Gasteiger partial charge in [0.15, 0.2) is 0 Å². The van der Waals surface area contributed by atoms with Gasteiger partial charge in [-0.05, 0) is 54.6 Å². The Morgan fingerprint density at radius 3 is 2.41 bits per heavy atom. The number of fused-ring (bicyclic) bond motifs is 5. The highest BCUT2D eigenvalue weighted by Gasteiger charge is 2.17. The summed E-state index contributed by atoms with van der Waals surface area (Å²) in [6, 6.07) is 32.1. The topological polar surface area (TPSA) is 51.3 Å². The van der Waals surface area contributed by atoms with Crippen LogP contribution < -0.4 is 4.57 Å². The molecule has 0 aliphatic rings. The molecule has 7 rings (SSSR count). The fourth-order valence-corrected chi connectivity index (χ4v) is 4.65. The standard InChI is InChI=1S/C28H19N5O/c34-27-15-6-5-14-26(27)31-17-16-30(19-31)20-8-7-9-21(18-20)32-24-12-3-4-13-25(24)33-23-11-2-1-10-22(23)29-28(32)33/h1-18,34H. The first-order valence-corrected chi connectivity index (χ1v) is 11.1. The van der Waals surface area contributed by atoms with Crippen LogP contribution in [-0.4, -0.2) is 23.6 Å². The lowest BCUT2D eigenvalue weighted by atomic mass is 10.2. The smallest absolute Gasteiger partial charge is 0.268 e. The number of nitrogens with zero attached hydrogens (tertiary/aromatic N) is 5. The van der Waals surface area contributed by atoms with Gasteiger partial charge in [-0.2, -0.15) is 0 Å². The first kappa shape index (κ1) is 18.7. The average Bonchev–Trinajstić information content (AvgIpc) is 3.58. The van der Waals surface area contributed by atoms with E-state index in [0.717, 1.165) is 39.2 Å². The summed E-state index contributed by atoms with van der Waals surface area (Å²) in [4.78, 5) is 4.96. The largest absolute Gasteiger partial charge is 0.511 e. The predicted molar refractivity (Wildman–Crippen MR) is 131 cm³/mol. The molecule has 0 aliphatic heterocycles. The number of rotatable bonds is 3. The molecule has 7 aromatic rings. The minimum atomic E-state index is 0.211. The van der Waals surface area contributed by atoms with Crippen LogP contribution >= 0.6 is 0 Å². The number of phenolic OH excluding ortho intramolecular Hbond substituents is 1. The SMILES string of the molecule is Oc1ccccc1-n1[c-][n+](-c2cccc(-n3c4ccccc4n4c5ccccc5nc34)c2)cc1. The summed E-state index contributed by atoms with van der Waals surface area (Å²) in [7, 11) is 0. The molecule has 0 spiro atoms. The summed E-state index contributed by atoms with van der Waals surface area (Å²) in [6.45, 7) is 0. The Labute approximate surface area is 194 Å². The molecule has 162 valence electrons. The Bertz CT molecular complexity index is 1840. The number of imidazole rings is 3. The van der Waals surface area contributed by atoms with E-state index in [2.05, 4.69) is 57.8 Å². The molecule has 3 heterocycles. The summed E-state index contributed by atoms with van der Waals surface area (Å²) in [6.07, 6.45) is 7.11. The second-order valence-corrected chi connectivity index (χ2v) is 8.21. The van der Waals surface area contributed by atoms with E-state index < -0.39 is 0 Å². The Hall–Kier alpha value is -4.84. The maximum atomic E-state index is 10.2. The zero-order valence-corrected chi connectivity index (χ0v) is 18.1. The van der Waals surface area contributed by atoms with Crippen molar-refractivity contribution in [2.45, 2.75) is 0 Å². The van der Waals surface area contributed by atoms with Gasteiger partial charge >= 0.3 is 0 Å². The van der Waals surface area contributed by atoms with Gasteiger partial charge in [-0.1, -0.05) is 42.5 Å². The lowest BCUT2D eigenvalue weighted by Gasteiger charge is -2.08. The van der Waals surface area contributed by atoms with Crippen molar-refractivity contribution in [3.8, 4) is 22.8 Å². The lowest BCUT2D eigenvalue weighted by molar-refractivity contribution is -0.599. The van der Waals surface area contributed by atoms with Crippen molar-refractivity contribution in [3.05, 3.63) is 116 Å². The molecule has 0 bridgehead atoms. The molecule has 0 fully saturated rings. The third kappa shape index (κ3) is 2.69. The summed E-state index contributed by atoms with van der Waals surface area (Å²) in [5.74, 6) is 1.09. The molecule has 0 unspecified atom stereocenters. The van der Waals surface area contributed by atoms with Gasteiger partial charge in [0.05, 0.1) is 27.8 Å². The van der Waals surface area contributed by atoms with Crippen molar-refractivity contribution in [1.29, 1.82) is 0 Å². The van der Waals surface area contributed by atoms with Crippen molar-refractivity contribution in [2.24, 2.45) is 0 Å². The molecule has 0 amide bonds. The predicted octanol–water partition coefficient (Wildman–Crippen LogP) is 5.00. The van der Waals surface area contributed by atoms with Gasteiger partial charge in [-0.25, -0.2) is 4.98 Å². The summed E-state index contributed by atoms with van der Waals surface area (Å²) < 4.78 is 8.11. The Balaban J connectivity index is 1.42.